The van der Waals surface area contributed by atoms with Crippen molar-refractivity contribution < 1.29 is 9.59 Å². The molecule has 0 fully saturated rings. The topological polar surface area (TPSA) is 84.2 Å². The fraction of sp³-hybridized carbons (Fsp3) is 0.500. The second kappa shape index (κ2) is 9.43. The van der Waals surface area contributed by atoms with Crippen LogP contribution in [0.5, 0.6) is 0 Å². The van der Waals surface area contributed by atoms with Crippen LogP contribution in [0.3, 0.4) is 0 Å². The van der Waals surface area contributed by atoms with E-state index < -0.39 is 6.04 Å². The van der Waals surface area contributed by atoms with E-state index in [4.69, 9.17) is 5.73 Å². The molecule has 0 aliphatic heterocycles. The number of benzene rings is 1. The number of rotatable bonds is 6. The van der Waals surface area contributed by atoms with Crippen LogP contribution >= 0.6 is 12.4 Å². The Kier molecular flexibility index (Phi) is 8.75. The molecular formula is C16H26ClN3O2. The third kappa shape index (κ3) is 6.03. The maximum Gasteiger partial charge on any atom is 0.251 e. The number of hydrogen-bond acceptors (Lipinski definition) is 3. The maximum atomic E-state index is 12.1. The fourth-order valence-corrected chi connectivity index (χ4v) is 1.96. The normalized spacial score (nSPS) is 11.5. The summed E-state index contributed by atoms with van der Waals surface area (Å²) >= 11 is 0. The number of anilines is 1. The maximum absolute atomic E-state index is 12.1. The highest BCUT2D eigenvalue weighted by Gasteiger charge is 2.15. The Hall–Kier alpha value is -1.59. The van der Waals surface area contributed by atoms with Crippen LogP contribution in [0.2, 0.25) is 0 Å². The van der Waals surface area contributed by atoms with Gasteiger partial charge in [-0.3, -0.25) is 9.59 Å². The molecule has 1 rings (SSSR count). The molecule has 0 aromatic heterocycles. The van der Waals surface area contributed by atoms with Gasteiger partial charge in [-0.05, 0) is 44.9 Å². The first-order chi connectivity index (χ1) is 9.85. The van der Waals surface area contributed by atoms with Crippen LogP contribution in [-0.2, 0) is 4.79 Å². The molecule has 1 aromatic carbocycles. The Morgan fingerprint density at radius 2 is 1.91 bits per heavy atom. The van der Waals surface area contributed by atoms with Gasteiger partial charge in [0.15, 0.2) is 0 Å². The summed E-state index contributed by atoms with van der Waals surface area (Å²) < 4.78 is 0. The summed E-state index contributed by atoms with van der Waals surface area (Å²) in [4.78, 5) is 24.0. The molecule has 0 aliphatic carbocycles. The number of hydrogen-bond donors (Lipinski definition) is 3. The van der Waals surface area contributed by atoms with E-state index in [1.165, 1.54) is 0 Å². The third-order valence-corrected chi connectivity index (χ3v) is 3.11. The Bertz CT molecular complexity index is 518. The van der Waals surface area contributed by atoms with Gasteiger partial charge in [-0.1, -0.05) is 19.4 Å². The first-order valence-corrected chi connectivity index (χ1v) is 7.33. The van der Waals surface area contributed by atoms with Gasteiger partial charge in [0.2, 0.25) is 5.91 Å². The number of halogens is 1. The minimum Gasteiger partial charge on any atom is -0.350 e. The molecular weight excluding hydrogens is 302 g/mol. The highest BCUT2D eigenvalue weighted by molar-refractivity contribution is 5.99. The monoisotopic (exact) mass is 327 g/mol. The number of nitrogens with two attached hydrogens (primary N) is 1. The average molecular weight is 328 g/mol. The Balaban J connectivity index is 0.00000441. The SMILES string of the molecule is CCCC(N)C(=O)Nc1ccc(C)c(C(=O)NC(C)C)c1.Cl. The van der Waals surface area contributed by atoms with Gasteiger partial charge in [-0.2, -0.15) is 0 Å². The molecule has 2 amide bonds. The average Bonchev–Trinajstić information content (AvgIpc) is 2.40. The molecule has 0 heterocycles. The number of amides is 2. The number of nitrogens with one attached hydrogen (secondary N) is 2. The fourth-order valence-electron chi connectivity index (χ4n) is 1.96. The van der Waals surface area contributed by atoms with Gasteiger partial charge in [0.05, 0.1) is 6.04 Å². The van der Waals surface area contributed by atoms with Crippen LogP contribution in [0.15, 0.2) is 18.2 Å². The van der Waals surface area contributed by atoms with Gasteiger partial charge in [-0.15, -0.1) is 12.4 Å². The predicted molar refractivity (Wildman–Crippen MR) is 92.5 cm³/mol. The minimum absolute atomic E-state index is 0. The van der Waals surface area contributed by atoms with Crippen molar-refractivity contribution in [3.8, 4) is 0 Å². The molecule has 6 heteroatoms. The quantitative estimate of drug-likeness (QED) is 0.751. The van der Waals surface area contributed by atoms with E-state index in [1.807, 2.05) is 33.8 Å². The largest absolute Gasteiger partial charge is 0.350 e. The Morgan fingerprint density at radius 1 is 1.27 bits per heavy atom. The Labute approximate surface area is 138 Å². The smallest absolute Gasteiger partial charge is 0.251 e. The Morgan fingerprint density at radius 3 is 2.45 bits per heavy atom. The zero-order valence-corrected chi connectivity index (χ0v) is 14.4. The van der Waals surface area contributed by atoms with Gasteiger partial charge >= 0.3 is 0 Å². The van der Waals surface area contributed by atoms with Crippen LogP contribution in [0, 0.1) is 6.92 Å². The molecule has 1 atom stereocenters. The lowest BCUT2D eigenvalue weighted by atomic mass is 10.1. The summed E-state index contributed by atoms with van der Waals surface area (Å²) in [5.74, 6) is -0.368. The molecule has 5 nitrogen and oxygen atoms in total. The molecule has 0 radical (unpaired) electrons. The standard InChI is InChI=1S/C16H25N3O2.ClH/c1-5-6-14(17)16(21)19-12-8-7-11(4)13(9-12)15(20)18-10(2)3;/h7-10,14H,5-6,17H2,1-4H3,(H,18,20)(H,19,21);1H. The zero-order valence-electron chi connectivity index (χ0n) is 13.6. The van der Waals surface area contributed by atoms with Gasteiger partial charge in [0.25, 0.3) is 5.91 Å². The number of aryl methyl sites for hydroxylation is 1. The first kappa shape index (κ1) is 20.4. The molecule has 22 heavy (non-hydrogen) atoms. The molecule has 0 spiro atoms. The van der Waals surface area contributed by atoms with E-state index in [0.717, 1.165) is 12.0 Å². The van der Waals surface area contributed by atoms with E-state index in [0.29, 0.717) is 17.7 Å². The van der Waals surface area contributed by atoms with Crippen molar-refractivity contribution in [2.45, 2.75) is 52.6 Å². The van der Waals surface area contributed by atoms with Crippen LogP contribution < -0.4 is 16.4 Å². The van der Waals surface area contributed by atoms with E-state index >= 15 is 0 Å². The van der Waals surface area contributed by atoms with E-state index in [9.17, 15) is 9.59 Å². The van der Waals surface area contributed by atoms with Crippen LogP contribution in [0.25, 0.3) is 0 Å². The van der Waals surface area contributed by atoms with Crippen molar-refractivity contribution in [2.75, 3.05) is 5.32 Å². The van der Waals surface area contributed by atoms with E-state index in [2.05, 4.69) is 10.6 Å². The van der Waals surface area contributed by atoms with Gasteiger partial charge in [-0.25, -0.2) is 0 Å². The van der Waals surface area contributed by atoms with Crippen molar-refractivity contribution in [3.05, 3.63) is 29.3 Å². The van der Waals surface area contributed by atoms with Crippen molar-refractivity contribution in [1.82, 2.24) is 5.32 Å². The lowest BCUT2D eigenvalue weighted by Gasteiger charge is -2.14. The van der Waals surface area contributed by atoms with Crippen LogP contribution in [-0.4, -0.2) is 23.9 Å². The molecule has 0 saturated carbocycles. The van der Waals surface area contributed by atoms with Crippen molar-refractivity contribution in [2.24, 2.45) is 5.73 Å². The van der Waals surface area contributed by atoms with Crippen molar-refractivity contribution in [3.63, 3.8) is 0 Å². The predicted octanol–water partition coefficient (Wildman–Crippen LogP) is 2.62. The summed E-state index contributed by atoms with van der Waals surface area (Å²) in [7, 11) is 0. The van der Waals surface area contributed by atoms with Gasteiger partial charge in [0.1, 0.15) is 0 Å². The molecule has 124 valence electrons. The third-order valence-electron chi connectivity index (χ3n) is 3.11. The second-order valence-electron chi connectivity index (χ2n) is 5.54. The lowest BCUT2D eigenvalue weighted by Crippen LogP contribution is -2.35. The van der Waals surface area contributed by atoms with Crippen molar-refractivity contribution in [1.29, 1.82) is 0 Å². The summed E-state index contributed by atoms with van der Waals surface area (Å²) in [6, 6.07) is 4.81. The summed E-state index contributed by atoms with van der Waals surface area (Å²) in [5, 5.41) is 5.61. The highest BCUT2D eigenvalue weighted by Crippen LogP contribution is 2.16. The zero-order chi connectivity index (χ0) is 16.0. The number of carbonyl (C=O) groups excluding carboxylic acids is 2. The van der Waals surface area contributed by atoms with Gasteiger partial charge in [0, 0.05) is 17.3 Å². The molecule has 0 saturated heterocycles. The number of carbonyl (C=O) groups is 2. The van der Waals surface area contributed by atoms with E-state index in [-0.39, 0.29) is 30.3 Å². The minimum atomic E-state index is -0.524. The van der Waals surface area contributed by atoms with Crippen LogP contribution in [0.1, 0.15) is 49.5 Å². The molecule has 4 N–H and O–H groups in total. The molecule has 0 aliphatic rings. The van der Waals surface area contributed by atoms with Crippen LogP contribution in [0.4, 0.5) is 5.69 Å². The van der Waals surface area contributed by atoms with Gasteiger partial charge < -0.3 is 16.4 Å². The lowest BCUT2D eigenvalue weighted by molar-refractivity contribution is -0.117. The molecule has 1 unspecified atom stereocenters. The summed E-state index contributed by atoms with van der Waals surface area (Å²) in [6.45, 7) is 7.66. The molecule has 0 bridgehead atoms. The summed E-state index contributed by atoms with van der Waals surface area (Å²) in [5.41, 5.74) is 7.79. The van der Waals surface area contributed by atoms with Crippen molar-refractivity contribution >= 4 is 29.9 Å². The summed E-state index contributed by atoms with van der Waals surface area (Å²) in [6.07, 6.45) is 1.49. The first-order valence-electron chi connectivity index (χ1n) is 7.33. The highest BCUT2D eigenvalue weighted by atomic mass is 35.5. The molecule has 1 aromatic rings. The second-order valence-corrected chi connectivity index (χ2v) is 5.54. The van der Waals surface area contributed by atoms with E-state index in [1.54, 1.807) is 12.1 Å².